The number of hydrogen-bond acceptors (Lipinski definition) is 4. The van der Waals surface area contributed by atoms with E-state index >= 15 is 0 Å². The van der Waals surface area contributed by atoms with Crippen LogP contribution in [0.2, 0.25) is 0 Å². The highest BCUT2D eigenvalue weighted by molar-refractivity contribution is 7.92. The van der Waals surface area contributed by atoms with Gasteiger partial charge in [-0.15, -0.1) is 0 Å². The summed E-state index contributed by atoms with van der Waals surface area (Å²) in [5, 5.41) is 2.83. The number of sulfonamides is 1. The molecule has 0 saturated heterocycles. The zero-order chi connectivity index (χ0) is 20.0. The summed E-state index contributed by atoms with van der Waals surface area (Å²) in [4.78, 5) is 12.4. The topological polar surface area (TPSA) is 75.7 Å². The molecule has 2 aromatic rings. The molecule has 0 aliphatic carbocycles. The molecule has 146 valence electrons. The molecule has 6 nitrogen and oxygen atoms in total. The number of anilines is 1. The van der Waals surface area contributed by atoms with Crippen molar-refractivity contribution in [2.75, 3.05) is 17.1 Å². The summed E-state index contributed by atoms with van der Waals surface area (Å²) >= 11 is 0. The van der Waals surface area contributed by atoms with Crippen LogP contribution in [0.5, 0.6) is 11.5 Å². The molecule has 0 aromatic heterocycles. The van der Waals surface area contributed by atoms with E-state index in [2.05, 4.69) is 5.32 Å². The quantitative estimate of drug-likeness (QED) is 0.749. The van der Waals surface area contributed by atoms with Crippen LogP contribution in [0, 0.1) is 5.92 Å². The van der Waals surface area contributed by atoms with Crippen LogP contribution in [-0.4, -0.2) is 33.2 Å². The van der Waals surface area contributed by atoms with Gasteiger partial charge in [0.2, 0.25) is 15.9 Å². The van der Waals surface area contributed by atoms with Crippen molar-refractivity contribution in [2.45, 2.75) is 26.8 Å². The zero-order valence-corrected chi connectivity index (χ0v) is 16.9. The van der Waals surface area contributed by atoms with E-state index in [-0.39, 0.29) is 24.4 Å². The molecule has 2 rings (SSSR count). The lowest BCUT2D eigenvalue weighted by Gasteiger charge is -2.25. The summed E-state index contributed by atoms with van der Waals surface area (Å²) in [7, 11) is -3.69. The van der Waals surface area contributed by atoms with Crippen molar-refractivity contribution in [2.24, 2.45) is 5.92 Å². The van der Waals surface area contributed by atoms with E-state index in [1.54, 1.807) is 36.4 Å². The molecule has 7 heteroatoms. The number of benzene rings is 2. The summed E-state index contributed by atoms with van der Waals surface area (Å²) in [5.74, 6) is 0.820. The summed E-state index contributed by atoms with van der Waals surface area (Å²) < 4.78 is 31.7. The van der Waals surface area contributed by atoms with Gasteiger partial charge in [-0.05, 0) is 37.1 Å². The Balaban J connectivity index is 2.31. The smallest absolute Gasteiger partial charge is 0.240 e. The van der Waals surface area contributed by atoms with Crippen LogP contribution in [0.15, 0.2) is 54.6 Å². The van der Waals surface area contributed by atoms with Gasteiger partial charge in [0, 0.05) is 6.04 Å². The summed E-state index contributed by atoms with van der Waals surface area (Å²) in [5.41, 5.74) is 0.316. The number of hydrogen-bond donors (Lipinski definition) is 1. The van der Waals surface area contributed by atoms with Crippen LogP contribution in [0.3, 0.4) is 0 Å². The van der Waals surface area contributed by atoms with Crippen LogP contribution in [0.25, 0.3) is 0 Å². The molecule has 1 N–H and O–H groups in total. The molecule has 0 heterocycles. The summed E-state index contributed by atoms with van der Waals surface area (Å²) in [6.45, 7) is 5.55. The highest BCUT2D eigenvalue weighted by Crippen LogP contribution is 2.33. The number of nitrogens with one attached hydrogen (secondary N) is 1. The van der Waals surface area contributed by atoms with Crippen molar-refractivity contribution < 1.29 is 17.9 Å². The van der Waals surface area contributed by atoms with Crippen molar-refractivity contribution in [3.05, 3.63) is 54.6 Å². The number of carbonyl (C=O) groups is 1. The maximum atomic E-state index is 12.4. The normalized spacial score (nSPS) is 12.5. The van der Waals surface area contributed by atoms with Crippen LogP contribution in [0.1, 0.15) is 20.8 Å². The predicted octanol–water partition coefficient (Wildman–Crippen LogP) is 3.41. The minimum Gasteiger partial charge on any atom is -0.455 e. The molecule has 0 fully saturated rings. The molecule has 2 aromatic carbocycles. The maximum Gasteiger partial charge on any atom is 0.240 e. The Labute approximate surface area is 161 Å². The Morgan fingerprint density at radius 3 is 2.22 bits per heavy atom. The molecular weight excluding hydrogens is 364 g/mol. The second-order valence-electron chi connectivity index (χ2n) is 6.75. The van der Waals surface area contributed by atoms with Gasteiger partial charge in [-0.3, -0.25) is 9.10 Å². The van der Waals surface area contributed by atoms with Crippen LogP contribution >= 0.6 is 0 Å². The lowest BCUT2D eigenvalue weighted by molar-refractivity contribution is -0.120. The Morgan fingerprint density at radius 1 is 1.04 bits per heavy atom. The lowest BCUT2D eigenvalue weighted by atomic mass is 10.1. The highest BCUT2D eigenvalue weighted by atomic mass is 32.2. The van der Waals surface area contributed by atoms with Gasteiger partial charge in [-0.2, -0.15) is 0 Å². The Hall–Kier alpha value is -2.54. The van der Waals surface area contributed by atoms with Gasteiger partial charge in [0.05, 0.1) is 11.9 Å². The average Bonchev–Trinajstić information content (AvgIpc) is 2.60. The third kappa shape index (κ3) is 5.99. The molecule has 0 spiro atoms. The van der Waals surface area contributed by atoms with Crippen molar-refractivity contribution in [1.29, 1.82) is 0 Å². The van der Waals surface area contributed by atoms with Gasteiger partial charge < -0.3 is 10.1 Å². The van der Waals surface area contributed by atoms with Crippen molar-refractivity contribution in [3.63, 3.8) is 0 Å². The Bertz CT molecular complexity index is 867. The monoisotopic (exact) mass is 390 g/mol. The van der Waals surface area contributed by atoms with E-state index in [4.69, 9.17) is 4.74 Å². The number of amides is 1. The van der Waals surface area contributed by atoms with Gasteiger partial charge in [-0.25, -0.2) is 8.42 Å². The first kappa shape index (κ1) is 20.8. The number of carbonyl (C=O) groups excluding carboxylic acids is 1. The molecule has 0 saturated carbocycles. The molecule has 0 radical (unpaired) electrons. The van der Waals surface area contributed by atoms with Crippen LogP contribution < -0.4 is 14.4 Å². The van der Waals surface area contributed by atoms with Crippen molar-refractivity contribution in [1.82, 2.24) is 5.32 Å². The first-order valence-corrected chi connectivity index (χ1v) is 10.6. The van der Waals surface area contributed by atoms with Crippen molar-refractivity contribution in [3.8, 4) is 11.5 Å². The number of nitrogens with zero attached hydrogens (tertiary/aromatic N) is 1. The molecule has 0 bridgehead atoms. The Kier molecular flexibility index (Phi) is 6.85. The standard InChI is InChI=1S/C20H26N2O4S/c1-15(2)16(3)21-20(23)14-22(27(4,24)25)18-12-8-9-13-19(18)26-17-10-6-5-7-11-17/h5-13,15-16H,14H2,1-4H3,(H,21,23)/t16-/m0/s1. The number of rotatable bonds is 8. The van der Waals surface area contributed by atoms with E-state index in [1.165, 1.54) is 0 Å². The molecule has 1 amide bonds. The third-order valence-electron chi connectivity index (χ3n) is 4.18. The first-order valence-electron chi connectivity index (χ1n) is 8.77. The van der Waals surface area contributed by atoms with Crippen molar-refractivity contribution >= 4 is 21.6 Å². The van der Waals surface area contributed by atoms with E-state index in [9.17, 15) is 13.2 Å². The number of ether oxygens (including phenoxy) is 1. The van der Waals surface area contributed by atoms with Crippen LogP contribution in [0.4, 0.5) is 5.69 Å². The van der Waals surface area contributed by atoms with Gasteiger partial charge in [-0.1, -0.05) is 44.2 Å². The lowest BCUT2D eigenvalue weighted by Crippen LogP contribution is -2.44. The van der Waals surface area contributed by atoms with E-state index in [1.807, 2.05) is 39.0 Å². The zero-order valence-electron chi connectivity index (χ0n) is 16.0. The van der Waals surface area contributed by atoms with Gasteiger partial charge in [0.1, 0.15) is 12.3 Å². The number of para-hydroxylation sites is 3. The first-order chi connectivity index (χ1) is 12.7. The van der Waals surface area contributed by atoms with E-state index < -0.39 is 10.0 Å². The molecule has 0 aliphatic heterocycles. The van der Waals surface area contributed by atoms with Gasteiger partial charge in [0.25, 0.3) is 0 Å². The molecule has 0 unspecified atom stereocenters. The second kappa shape index (κ2) is 8.90. The molecule has 27 heavy (non-hydrogen) atoms. The van der Waals surface area contributed by atoms with Gasteiger partial charge in [0.15, 0.2) is 5.75 Å². The fourth-order valence-electron chi connectivity index (χ4n) is 2.34. The molecule has 1 atom stereocenters. The third-order valence-corrected chi connectivity index (χ3v) is 5.31. The predicted molar refractivity (Wildman–Crippen MR) is 108 cm³/mol. The summed E-state index contributed by atoms with van der Waals surface area (Å²) in [6.07, 6.45) is 1.07. The fourth-order valence-corrected chi connectivity index (χ4v) is 3.20. The minimum absolute atomic E-state index is 0.0604. The SMILES string of the molecule is CC(C)[C@H](C)NC(=O)CN(c1ccccc1Oc1ccccc1)S(C)(=O)=O. The Morgan fingerprint density at radius 2 is 1.63 bits per heavy atom. The highest BCUT2D eigenvalue weighted by Gasteiger charge is 2.25. The van der Waals surface area contributed by atoms with E-state index in [0.717, 1.165) is 10.6 Å². The second-order valence-corrected chi connectivity index (χ2v) is 8.66. The maximum absolute atomic E-state index is 12.4. The average molecular weight is 391 g/mol. The van der Waals surface area contributed by atoms with Gasteiger partial charge >= 0.3 is 0 Å². The van der Waals surface area contributed by atoms with E-state index in [0.29, 0.717) is 17.2 Å². The largest absolute Gasteiger partial charge is 0.455 e. The molecule has 0 aliphatic rings. The fraction of sp³-hybridized carbons (Fsp3) is 0.350. The molecular formula is C20H26N2O4S. The minimum atomic E-state index is -3.69. The van der Waals surface area contributed by atoms with Crippen LogP contribution in [-0.2, 0) is 14.8 Å². The summed E-state index contributed by atoms with van der Waals surface area (Å²) in [6, 6.07) is 15.8.